The molecule has 124 valence electrons. The number of fused-ring (bicyclic) bond motifs is 4. The molecule has 4 aliphatic rings. The van der Waals surface area contributed by atoms with Gasteiger partial charge in [-0.1, -0.05) is 36.4 Å². The minimum absolute atomic E-state index is 0.0621. The highest BCUT2D eigenvalue weighted by Gasteiger charge is 2.60. The van der Waals surface area contributed by atoms with Crippen molar-refractivity contribution in [3.8, 4) is 0 Å². The van der Waals surface area contributed by atoms with Gasteiger partial charge in [-0.05, 0) is 23.3 Å². The van der Waals surface area contributed by atoms with E-state index in [9.17, 15) is 9.59 Å². The van der Waals surface area contributed by atoms with E-state index in [0.29, 0.717) is 13.1 Å². The van der Waals surface area contributed by atoms with Gasteiger partial charge in [0.2, 0.25) is 0 Å². The Morgan fingerprint density at radius 2 is 1.16 bits per heavy atom. The average molecular weight is 332 g/mol. The van der Waals surface area contributed by atoms with Crippen LogP contribution in [0.5, 0.6) is 0 Å². The molecule has 0 N–H and O–H groups in total. The molecule has 6 rings (SSSR count). The van der Waals surface area contributed by atoms with Gasteiger partial charge in [-0.2, -0.15) is 0 Å². The molecule has 25 heavy (non-hydrogen) atoms. The molecule has 5 nitrogen and oxygen atoms in total. The fraction of sp³-hybridized carbons (Fsp3) is 0.300. The van der Waals surface area contributed by atoms with Crippen LogP contribution < -0.4 is 0 Å². The zero-order valence-electron chi connectivity index (χ0n) is 13.5. The molecule has 0 spiro atoms. The van der Waals surface area contributed by atoms with Crippen molar-refractivity contribution in [2.24, 2.45) is 0 Å². The molecule has 0 aliphatic carbocycles. The SMILES string of the molecule is O=C1c2ccccc2[C@H]2O[C@H]3c4ccccc4C(=O)N4CCN1[C@@H]2[C@@H]34. The van der Waals surface area contributed by atoms with Crippen LogP contribution >= 0.6 is 0 Å². The lowest BCUT2D eigenvalue weighted by atomic mass is 9.81. The average Bonchev–Trinajstić information content (AvgIpc) is 3.06. The van der Waals surface area contributed by atoms with E-state index < -0.39 is 0 Å². The summed E-state index contributed by atoms with van der Waals surface area (Å²) in [4.78, 5) is 29.8. The Morgan fingerprint density at radius 3 is 1.64 bits per heavy atom. The van der Waals surface area contributed by atoms with E-state index >= 15 is 0 Å². The Hall–Kier alpha value is -2.66. The standard InChI is InChI=1S/C20H16N2O3/c23-19-13-7-3-1-5-11(13)17-15-16-18(25-17)12-6-2-4-8-14(12)20(24)22(16)10-9-21(15)19/h1-8,15-18H,9-10H2/t15-,16+,17-,18+. The molecule has 2 fully saturated rings. The zero-order chi connectivity index (χ0) is 16.7. The summed E-state index contributed by atoms with van der Waals surface area (Å²) in [5.41, 5.74) is 3.37. The van der Waals surface area contributed by atoms with Crippen LogP contribution in [0.4, 0.5) is 0 Å². The van der Waals surface area contributed by atoms with Gasteiger partial charge >= 0.3 is 0 Å². The second-order valence-corrected chi connectivity index (χ2v) is 7.13. The number of rotatable bonds is 0. The molecule has 2 amide bonds. The third-order valence-electron chi connectivity index (χ3n) is 6.08. The number of ether oxygens (including phenoxy) is 1. The summed E-state index contributed by atoms with van der Waals surface area (Å²) in [6.07, 6.45) is -0.351. The van der Waals surface area contributed by atoms with Crippen molar-refractivity contribution in [1.29, 1.82) is 0 Å². The molecule has 5 heteroatoms. The van der Waals surface area contributed by atoms with Gasteiger partial charge in [0, 0.05) is 24.2 Å². The van der Waals surface area contributed by atoms with Crippen LogP contribution in [-0.2, 0) is 4.74 Å². The summed E-state index contributed by atoms with van der Waals surface area (Å²) in [6.45, 7) is 1.13. The van der Waals surface area contributed by atoms with Crippen LogP contribution in [0.15, 0.2) is 48.5 Å². The molecular weight excluding hydrogens is 316 g/mol. The monoisotopic (exact) mass is 332 g/mol. The molecule has 2 saturated heterocycles. The zero-order valence-corrected chi connectivity index (χ0v) is 13.5. The van der Waals surface area contributed by atoms with E-state index in [1.165, 1.54) is 0 Å². The Labute approximate surface area is 144 Å². The van der Waals surface area contributed by atoms with Crippen LogP contribution in [0.3, 0.4) is 0 Å². The van der Waals surface area contributed by atoms with Crippen molar-refractivity contribution >= 4 is 11.8 Å². The molecule has 2 aromatic rings. The summed E-state index contributed by atoms with van der Waals surface area (Å²) in [7, 11) is 0. The lowest BCUT2D eigenvalue weighted by Gasteiger charge is -2.49. The minimum atomic E-state index is -0.175. The molecule has 4 atom stereocenters. The van der Waals surface area contributed by atoms with Crippen molar-refractivity contribution in [1.82, 2.24) is 9.80 Å². The van der Waals surface area contributed by atoms with Crippen molar-refractivity contribution in [3.63, 3.8) is 0 Å². The first kappa shape index (κ1) is 13.6. The third-order valence-corrected chi connectivity index (χ3v) is 6.08. The van der Waals surface area contributed by atoms with Gasteiger partial charge in [-0.15, -0.1) is 0 Å². The molecular formula is C20H16N2O3. The first-order chi connectivity index (χ1) is 12.3. The quantitative estimate of drug-likeness (QED) is 0.743. The molecule has 2 aromatic carbocycles. The van der Waals surface area contributed by atoms with E-state index in [1.54, 1.807) is 0 Å². The van der Waals surface area contributed by atoms with Crippen molar-refractivity contribution in [2.75, 3.05) is 13.1 Å². The van der Waals surface area contributed by atoms with Gasteiger partial charge < -0.3 is 14.5 Å². The fourth-order valence-electron chi connectivity index (χ4n) is 5.06. The smallest absolute Gasteiger partial charge is 0.254 e. The maximum absolute atomic E-state index is 13.0. The first-order valence-electron chi connectivity index (χ1n) is 8.71. The highest BCUT2D eigenvalue weighted by molar-refractivity contribution is 6.00. The highest BCUT2D eigenvalue weighted by Crippen LogP contribution is 2.53. The Kier molecular flexibility index (Phi) is 2.44. The Morgan fingerprint density at radius 1 is 0.720 bits per heavy atom. The number of carbonyl (C=O) groups is 2. The van der Waals surface area contributed by atoms with Gasteiger partial charge in [-0.25, -0.2) is 0 Å². The van der Waals surface area contributed by atoms with Crippen molar-refractivity contribution in [2.45, 2.75) is 24.3 Å². The minimum Gasteiger partial charge on any atom is -0.361 e. The van der Waals surface area contributed by atoms with Crippen molar-refractivity contribution < 1.29 is 14.3 Å². The molecule has 0 unspecified atom stereocenters. The second kappa shape index (κ2) is 4.49. The number of hydrogen-bond donors (Lipinski definition) is 0. The highest BCUT2D eigenvalue weighted by atomic mass is 16.5. The number of carbonyl (C=O) groups excluding carboxylic acids is 2. The van der Waals surface area contributed by atoms with Gasteiger partial charge in [0.25, 0.3) is 11.8 Å². The Bertz CT molecular complexity index is 865. The number of nitrogens with zero attached hydrogens (tertiary/aromatic N) is 2. The predicted molar refractivity (Wildman–Crippen MR) is 89.1 cm³/mol. The molecule has 4 heterocycles. The first-order valence-corrected chi connectivity index (χ1v) is 8.71. The van der Waals surface area contributed by atoms with E-state index in [0.717, 1.165) is 22.3 Å². The number of benzene rings is 2. The fourth-order valence-corrected chi connectivity index (χ4v) is 5.06. The molecule has 0 bridgehead atoms. The van der Waals surface area contributed by atoms with Gasteiger partial charge in [-0.3, -0.25) is 9.59 Å². The maximum Gasteiger partial charge on any atom is 0.254 e. The summed E-state index contributed by atoms with van der Waals surface area (Å²) in [6, 6.07) is 15.2. The number of hydrogen-bond acceptors (Lipinski definition) is 3. The molecule has 0 saturated carbocycles. The van der Waals surface area contributed by atoms with E-state index in [4.69, 9.17) is 4.74 Å². The maximum atomic E-state index is 13.0. The summed E-state index contributed by atoms with van der Waals surface area (Å²) < 4.78 is 6.51. The molecule has 0 radical (unpaired) electrons. The lowest BCUT2D eigenvalue weighted by molar-refractivity contribution is 0.0129. The normalized spacial score (nSPS) is 31.5. The third kappa shape index (κ3) is 1.53. The summed E-state index contributed by atoms with van der Waals surface area (Å²) in [5, 5.41) is 0. The van der Waals surface area contributed by atoms with Gasteiger partial charge in [0.1, 0.15) is 12.2 Å². The van der Waals surface area contributed by atoms with Crippen LogP contribution in [0.25, 0.3) is 0 Å². The van der Waals surface area contributed by atoms with E-state index in [-0.39, 0.29) is 36.1 Å². The predicted octanol–water partition coefficient (Wildman–Crippen LogP) is 2.16. The Balaban J connectivity index is 1.58. The van der Waals surface area contributed by atoms with Crippen LogP contribution in [0.1, 0.15) is 44.1 Å². The number of piperazine rings is 1. The van der Waals surface area contributed by atoms with Gasteiger partial charge in [0.15, 0.2) is 0 Å². The lowest BCUT2D eigenvalue weighted by Crippen LogP contribution is -2.65. The summed E-state index contributed by atoms with van der Waals surface area (Å²) >= 11 is 0. The second-order valence-electron chi connectivity index (χ2n) is 7.13. The van der Waals surface area contributed by atoms with Gasteiger partial charge in [0.05, 0.1) is 12.1 Å². The van der Waals surface area contributed by atoms with Crippen LogP contribution in [0.2, 0.25) is 0 Å². The largest absolute Gasteiger partial charge is 0.361 e. The molecule has 4 aliphatic heterocycles. The van der Waals surface area contributed by atoms with E-state index in [1.807, 2.05) is 58.3 Å². The molecule has 0 aromatic heterocycles. The van der Waals surface area contributed by atoms with E-state index in [2.05, 4.69) is 0 Å². The topological polar surface area (TPSA) is 49.9 Å². The van der Waals surface area contributed by atoms with Crippen LogP contribution in [0, 0.1) is 0 Å². The van der Waals surface area contributed by atoms with Crippen molar-refractivity contribution in [3.05, 3.63) is 70.8 Å². The number of amides is 2. The summed E-state index contributed by atoms with van der Waals surface area (Å²) in [5.74, 6) is 0.124. The van der Waals surface area contributed by atoms with Crippen LogP contribution in [-0.4, -0.2) is 46.8 Å².